The van der Waals surface area contributed by atoms with Crippen LogP contribution in [0.1, 0.15) is 37.7 Å². The number of Topliss-reactive ketones (excluding diaryl/α,β-unsaturated/α-hetero) is 1. The number of amides is 1. The SMILES string of the molecule is CC1=C(C(=O)Nc2ccc(F)cc2F)[C@H](c2ccc3c(c2)OCO3)C2=C(CCCC2=O)N1. The number of carbonyl (C=O) groups is 2. The molecule has 2 aromatic carbocycles. The molecule has 0 radical (unpaired) electrons. The molecule has 6 nitrogen and oxygen atoms in total. The first-order chi connectivity index (χ1) is 15.4. The topological polar surface area (TPSA) is 76.7 Å². The number of allylic oxidation sites excluding steroid dienone is 3. The van der Waals surface area contributed by atoms with Gasteiger partial charge in [-0.25, -0.2) is 8.78 Å². The van der Waals surface area contributed by atoms with Gasteiger partial charge in [-0.1, -0.05) is 6.07 Å². The van der Waals surface area contributed by atoms with Crippen LogP contribution in [0.2, 0.25) is 0 Å². The third-order valence-corrected chi connectivity index (χ3v) is 5.93. The summed E-state index contributed by atoms with van der Waals surface area (Å²) < 4.78 is 38.4. The first-order valence-electron chi connectivity index (χ1n) is 10.3. The van der Waals surface area contributed by atoms with Crippen LogP contribution in [-0.4, -0.2) is 18.5 Å². The van der Waals surface area contributed by atoms with Gasteiger partial charge >= 0.3 is 0 Å². The van der Waals surface area contributed by atoms with E-state index in [1.165, 1.54) is 6.07 Å². The molecule has 1 amide bonds. The standard InChI is InChI=1S/C24H20F2N2O4/c1-12-21(24(30)28-16-7-6-14(25)10-15(16)26)22(23-17(27-12)3-2-4-18(23)29)13-5-8-19-20(9-13)32-11-31-19/h5-10,22,27H,2-4,11H2,1H3,(H,28,30)/t22-/m0/s1. The van der Waals surface area contributed by atoms with Crippen LogP contribution in [0.4, 0.5) is 14.5 Å². The molecule has 32 heavy (non-hydrogen) atoms. The van der Waals surface area contributed by atoms with Crippen molar-refractivity contribution in [2.24, 2.45) is 0 Å². The van der Waals surface area contributed by atoms with Crippen molar-refractivity contribution in [2.45, 2.75) is 32.1 Å². The van der Waals surface area contributed by atoms with Crippen molar-refractivity contribution in [1.82, 2.24) is 5.32 Å². The maximum absolute atomic E-state index is 14.2. The molecule has 0 saturated heterocycles. The number of hydrogen-bond acceptors (Lipinski definition) is 5. The number of ether oxygens (including phenoxy) is 2. The average Bonchev–Trinajstić information content (AvgIpc) is 3.22. The molecule has 0 fully saturated rings. The second-order valence-electron chi connectivity index (χ2n) is 7.96. The normalized spacial score (nSPS) is 19.6. The van der Waals surface area contributed by atoms with Crippen LogP contribution in [0.25, 0.3) is 0 Å². The highest BCUT2D eigenvalue weighted by molar-refractivity contribution is 6.09. The molecule has 1 atom stereocenters. The summed E-state index contributed by atoms with van der Waals surface area (Å²) in [5, 5.41) is 5.74. The molecule has 164 valence electrons. The number of nitrogens with one attached hydrogen (secondary N) is 2. The van der Waals surface area contributed by atoms with Gasteiger partial charge in [-0.2, -0.15) is 0 Å². The van der Waals surface area contributed by atoms with E-state index in [1.807, 2.05) is 0 Å². The summed E-state index contributed by atoms with van der Waals surface area (Å²) in [6.07, 6.45) is 1.82. The van der Waals surface area contributed by atoms with Gasteiger partial charge in [0.25, 0.3) is 5.91 Å². The van der Waals surface area contributed by atoms with Crippen LogP contribution in [0.15, 0.2) is 58.9 Å². The predicted molar refractivity (Wildman–Crippen MR) is 112 cm³/mol. The van der Waals surface area contributed by atoms with E-state index in [2.05, 4.69) is 10.6 Å². The number of benzene rings is 2. The van der Waals surface area contributed by atoms with Crippen LogP contribution < -0.4 is 20.1 Å². The van der Waals surface area contributed by atoms with E-state index >= 15 is 0 Å². The Labute approximate surface area is 182 Å². The monoisotopic (exact) mass is 438 g/mol. The number of fused-ring (bicyclic) bond motifs is 1. The number of carbonyl (C=O) groups excluding carboxylic acids is 2. The zero-order valence-electron chi connectivity index (χ0n) is 17.3. The fourth-order valence-electron chi connectivity index (χ4n) is 4.49. The van der Waals surface area contributed by atoms with E-state index in [1.54, 1.807) is 25.1 Å². The second kappa shape index (κ2) is 7.78. The van der Waals surface area contributed by atoms with Gasteiger partial charge in [0.15, 0.2) is 17.3 Å². The minimum absolute atomic E-state index is 0.0350. The number of hydrogen-bond donors (Lipinski definition) is 2. The molecule has 0 unspecified atom stereocenters. The molecule has 2 heterocycles. The molecule has 8 heteroatoms. The summed E-state index contributed by atoms with van der Waals surface area (Å²) in [4.78, 5) is 26.3. The van der Waals surface area contributed by atoms with E-state index in [0.717, 1.165) is 18.2 Å². The molecule has 0 bridgehead atoms. The maximum Gasteiger partial charge on any atom is 0.254 e. The average molecular weight is 438 g/mol. The summed E-state index contributed by atoms with van der Waals surface area (Å²) in [7, 11) is 0. The van der Waals surface area contributed by atoms with Gasteiger partial charge in [0.05, 0.1) is 5.69 Å². The third kappa shape index (κ3) is 3.41. The Kier molecular flexibility index (Phi) is 4.92. The third-order valence-electron chi connectivity index (χ3n) is 5.93. The van der Waals surface area contributed by atoms with Crippen LogP contribution in [0.3, 0.4) is 0 Å². The highest BCUT2D eigenvalue weighted by Gasteiger charge is 2.39. The molecule has 1 aliphatic carbocycles. The predicted octanol–water partition coefficient (Wildman–Crippen LogP) is 4.30. The summed E-state index contributed by atoms with van der Waals surface area (Å²) in [6, 6.07) is 8.26. The van der Waals surface area contributed by atoms with E-state index in [0.29, 0.717) is 52.8 Å². The van der Waals surface area contributed by atoms with Crippen molar-refractivity contribution in [2.75, 3.05) is 12.1 Å². The van der Waals surface area contributed by atoms with Crippen molar-refractivity contribution in [3.05, 3.63) is 76.1 Å². The fraction of sp³-hybridized carbons (Fsp3) is 0.250. The summed E-state index contributed by atoms with van der Waals surface area (Å²) in [6.45, 7) is 1.85. The lowest BCUT2D eigenvalue weighted by atomic mass is 9.75. The Bertz CT molecular complexity index is 1220. The van der Waals surface area contributed by atoms with Gasteiger partial charge in [0.2, 0.25) is 6.79 Å². The Morgan fingerprint density at radius 3 is 2.72 bits per heavy atom. The van der Waals surface area contributed by atoms with E-state index in [-0.39, 0.29) is 18.3 Å². The van der Waals surface area contributed by atoms with Crippen molar-refractivity contribution in [3.63, 3.8) is 0 Å². The smallest absolute Gasteiger partial charge is 0.254 e. The van der Waals surface area contributed by atoms with Crippen LogP contribution >= 0.6 is 0 Å². The summed E-state index contributed by atoms with van der Waals surface area (Å²) in [5.41, 5.74) is 2.75. The zero-order valence-corrected chi connectivity index (χ0v) is 17.3. The van der Waals surface area contributed by atoms with E-state index in [4.69, 9.17) is 9.47 Å². The molecular weight excluding hydrogens is 418 g/mol. The number of halogens is 2. The van der Waals surface area contributed by atoms with E-state index in [9.17, 15) is 18.4 Å². The van der Waals surface area contributed by atoms with E-state index < -0.39 is 23.5 Å². The highest BCUT2D eigenvalue weighted by atomic mass is 19.1. The first-order valence-corrected chi connectivity index (χ1v) is 10.3. The van der Waals surface area contributed by atoms with Crippen molar-refractivity contribution in [3.8, 4) is 11.5 Å². The fourth-order valence-corrected chi connectivity index (χ4v) is 4.49. The molecule has 0 aromatic heterocycles. The number of anilines is 1. The second-order valence-corrected chi connectivity index (χ2v) is 7.96. The first kappa shape index (κ1) is 20.2. The minimum Gasteiger partial charge on any atom is -0.454 e. The molecule has 5 rings (SSSR count). The van der Waals surface area contributed by atoms with Gasteiger partial charge < -0.3 is 20.1 Å². The number of ketones is 1. The van der Waals surface area contributed by atoms with Gasteiger partial charge in [0, 0.05) is 40.9 Å². The Balaban J connectivity index is 1.59. The van der Waals surface area contributed by atoms with Crippen molar-refractivity contribution in [1.29, 1.82) is 0 Å². The summed E-state index contributed by atoms with van der Waals surface area (Å²) >= 11 is 0. The lowest BCUT2D eigenvalue weighted by molar-refractivity contribution is -0.116. The molecule has 3 aliphatic rings. The van der Waals surface area contributed by atoms with Gasteiger partial charge in [-0.3, -0.25) is 9.59 Å². The molecule has 0 saturated carbocycles. The largest absolute Gasteiger partial charge is 0.454 e. The minimum atomic E-state index is -0.881. The summed E-state index contributed by atoms with van der Waals surface area (Å²) in [5.74, 6) is -1.76. The molecule has 2 aromatic rings. The molecular formula is C24H20F2N2O4. The van der Waals surface area contributed by atoms with Gasteiger partial charge in [-0.15, -0.1) is 0 Å². The molecule has 2 N–H and O–H groups in total. The van der Waals surface area contributed by atoms with Crippen LogP contribution in [-0.2, 0) is 9.59 Å². The van der Waals surface area contributed by atoms with Crippen molar-refractivity contribution >= 4 is 17.4 Å². The Morgan fingerprint density at radius 1 is 1.09 bits per heavy atom. The van der Waals surface area contributed by atoms with Crippen LogP contribution in [0.5, 0.6) is 11.5 Å². The molecule has 0 spiro atoms. The lowest BCUT2D eigenvalue weighted by Gasteiger charge is -2.34. The molecule has 2 aliphatic heterocycles. The zero-order chi connectivity index (χ0) is 22.4. The Hall–Kier alpha value is -3.68. The van der Waals surface area contributed by atoms with Crippen molar-refractivity contribution < 1.29 is 27.8 Å². The number of dihydropyridines is 1. The maximum atomic E-state index is 14.2. The Morgan fingerprint density at radius 2 is 1.91 bits per heavy atom. The van der Waals surface area contributed by atoms with Gasteiger partial charge in [0.1, 0.15) is 11.6 Å². The highest BCUT2D eigenvalue weighted by Crippen LogP contribution is 2.45. The lowest BCUT2D eigenvalue weighted by Crippen LogP contribution is -2.35. The van der Waals surface area contributed by atoms with Crippen LogP contribution in [0, 0.1) is 11.6 Å². The number of rotatable bonds is 3. The van der Waals surface area contributed by atoms with Gasteiger partial charge in [-0.05, 0) is 49.6 Å². The quantitative estimate of drug-likeness (QED) is 0.747.